The average molecular weight is 475 g/mol. The Morgan fingerprint density at radius 1 is 0.429 bits per heavy atom. The highest BCUT2D eigenvalue weighted by atomic mass is 32.2. The third-order valence-electron chi connectivity index (χ3n) is 6.39. The van der Waals surface area contributed by atoms with Gasteiger partial charge in [-0.2, -0.15) is 11.8 Å². The topological polar surface area (TPSA) is 18.5 Å². The number of hydrogen-bond acceptors (Lipinski definition) is 3. The van der Waals surface area contributed by atoms with Crippen molar-refractivity contribution in [3.8, 4) is 11.5 Å². The fourth-order valence-electron chi connectivity index (χ4n) is 4.76. The summed E-state index contributed by atoms with van der Waals surface area (Å²) in [6.07, 6.45) is 0. The summed E-state index contributed by atoms with van der Waals surface area (Å²) < 4.78 is 12.7. The van der Waals surface area contributed by atoms with E-state index in [9.17, 15) is 0 Å². The molecule has 0 saturated heterocycles. The predicted octanol–water partition coefficient (Wildman–Crippen LogP) is 8.49. The van der Waals surface area contributed by atoms with E-state index in [0.29, 0.717) is 13.2 Å². The minimum absolute atomic E-state index is 0.667. The first kappa shape index (κ1) is 21.8. The second kappa shape index (κ2) is 9.89. The average Bonchev–Trinajstić information content (AvgIpc) is 2.91. The lowest BCUT2D eigenvalue weighted by Gasteiger charge is -2.14. The monoisotopic (exact) mass is 474 g/mol. The van der Waals surface area contributed by atoms with E-state index in [4.69, 9.17) is 9.47 Å². The molecule has 0 spiro atoms. The second-order valence-corrected chi connectivity index (χ2v) is 9.83. The zero-order valence-electron chi connectivity index (χ0n) is 19.4. The highest BCUT2D eigenvalue weighted by Gasteiger charge is 2.10. The van der Waals surface area contributed by atoms with Crippen molar-refractivity contribution in [2.45, 2.75) is 0 Å². The lowest BCUT2D eigenvalue weighted by Crippen LogP contribution is -2.05. The van der Waals surface area contributed by atoms with Crippen LogP contribution in [0.2, 0.25) is 0 Å². The molecule has 0 N–H and O–H groups in total. The molecule has 0 aromatic heterocycles. The van der Waals surface area contributed by atoms with E-state index < -0.39 is 0 Å². The van der Waals surface area contributed by atoms with Gasteiger partial charge >= 0.3 is 0 Å². The summed E-state index contributed by atoms with van der Waals surface area (Å²) in [5.74, 6) is 3.80. The van der Waals surface area contributed by atoms with Gasteiger partial charge in [-0.25, -0.2) is 0 Å². The molecule has 6 aromatic carbocycles. The van der Waals surface area contributed by atoms with Crippen LogP contribution < -0.4 is 9.47 Å². The highest BCUT2D eigenvalue weighted by Crippen LogP contribution is 2.36. The van der Waals surface area contributed by atoms with E-state index >= 15 is 0 Å². The quantitative estimate of drug-likeness (QED) is 0.163. The molecule has 0 amide bonds. The Morgan fingerprint density at radius 2 is 0.743 bits per heavy atom. The Bertz CT molecular complexity index is 1410. The van der Waals surface area contributed by atoms with Gasteiger partial charge in [0.2, 0.25) is 0 Å². The largest absolute Gasteiger partial charge is 0.491 e. The fraction of sp³-hybridized carbons (Fsp3) is 0.125. The first-order valence-corrected chi connectivity index (χ1v) is 13.2. The molecule has 3 heteroatoms. The van der Waals surface area contributed by atoms with Gasteiger partial charge in [0.1, 0.15) is 11.5 Å². The summed E-state index contributed by atoms with van der Waals surface area (Å²) in [5, 5.41) is 9.53. The van der Waals surface area contributed by atoms with Crippen LogP contribution in [0, 0.1) is 0 Å². The molecular formula is C32H26O2S. The lowest BCUT2D eigenvalue weighted by molar-refractivity contribution is 0.347. The van der Waals surface area contributed by atoms with Crippen molar-refractivity contribution >= 4 is 54.9 Å². The lowest BCUT2D eigenvalue weighted by atomic mass is 10.0. The van der Waals surface area contributed by atoms with E-state index in [1.165, 1.54) is 43.1 Å². The normalized spacial score (nSPS) is 11.4. The Labute approximate surface area is 209 Å². The molecule has 2 nitrogen and oxygen atoms in total. The fourth-order valence-corrected chi connectivity index (χ4v) is 5.37. The molecule has 0 heterocycles. The van der Waals surface area contributed by atoms with Gasteiger partial charge in [-0.05, 0) is 33.7 Å². The van der Waals surface area contributed by atoms with Gasteiger partial charge in [-0.3, -0.25) is 0 Å². The molecule has 0 fully saturated rings. The predicted molar refractivity (Wildman–Crippen MR) is 151 cm³/mol. The van der Waals surface area contributed by atoms with Gasteiger partial charge in [0.15, 0.2) is 0 Å². The number of rotatable bonds is 8. The summed E-state index contributed by atoms with van der Waals surface area (Å²) in [4.78, 5) is 0. The summed E-state index contributed by atoms with van der Waals surface area (Å²) in [6.45, 7) is 1.33. The van der Waals surface area contributed by atoms with E-state index in [-0.39, 0.29) is 0 Å². The highest BCUT2D eigenvalue weighted by molar-refractivity contribution is 7.99. The van der Waals surface area contributed by atoms with Crippen molar-refractivity contribution in [3.05, 3.63) is 109 Å². The van der Waals surface area contributed by atoms with Crippen LogP contribution in [0.4, 0.5) is 0 Å². The Balaban J connectivity index is 1.10. The zero-order chi connectivity index (χ0) is 23.5. The standard InChI is InChI=1S/C32H26O2S/c1-5-13-27-23(9-1)21-24-10-2-6-14-28(24)31(27)33-17-19-35-20-18-34-32-29-15-7-3-11-25(29)22-26-12-4-8-16-30(26)32/h1-16,21-22H,17-20H2. The van der Waals surface area contributed by atoms with Crippen LogP contribution in [0.15, 0.2) is 109 Å². The Hall–Kier alpha value is -3.69. The van der Waals surface area contributed by atoms with Gasteiger partial charge < -0.3 is 9.47 Å². The number of hydrogen-bond donors (Lipinski definition) is 0. The summed E-state index contributed by atoms with van der Waals surface area (Å²) in [7, 11) is 0. The van der Waals surface area contributed by atoms with Crippen LogP contribution in [0.3, 0.4) is 0 Å². The van der Waals surface area contributed by atoms with Crippen LogP contribution in [0.1, 0.15) is 0 Å². The van der Waals surface area contributed by atoms with Gasteiger partial charge in [0, 0.05) is 33.1 Å². The van der Waals surface area contributed by atoms with Crippen LogP contribution in [-0.2, 0) is 0 Å². The maximum Gasteiger partial charge on any atom is 0.134 e. The van der Waals surface area contributed by atoms with Gasteiger partial charge in [0.05, 0.1) is 13.2 Å². The maximum atomic E-state index is 6.35. The van der Waals surface area contributed by atoms with Crippen molar-refractivity contribution in [2.75, 3.05) is 24.7 Å². The molecular weight excluding hydrogens is 448 g/mol. The molecule has 0 radical (unpaired) electrons. The Kier molecular flexibility index (Phi) is 6.17. The van der Waals surface area contributed by atoms with E-state index in [1.807, 2.05) is 11.8 Å². The summed E-state index contributed by atoms with van der Waals surface area (Å²) in [5.41, 5.74) is 0. The molecule has 0 atom stereocenters. The smallest absolute Gasteiger partial charge is 0.134 e. The summed E-state index contributed by atoms with van der Waals surface area (Å²) in [6, 6.07) is 38.3. The second-order valence-electron chi connectivity index (χ2n) is 8.61. The molecule has 6 rings (SSSR count). The number of thioether (sulfide) groups is 1. The van der Waals surface area contributed by atoms with Crippen molar-refractivity contribution < 1.29 is 9.47 Å². The van der Waals surface area contributed by atoms with Gasteiger partial charge in [-0.15, -0.1) is 0 Å². The molecule has 172 valence electrons. The first-order valence-electron chi connectivity index (χ1n) is 12.0. The summed E-state index contributed by atoms with van der Waals surface area (Å²) >= 11 is 1.86. The maximum absolute atomic E-state index is 6.35. The zero-order valence-corrected chi connectivity index (χ0v) is 20.3. The molecule has 0 aliphatic carbocycles. The number of benzene rings is 6. The van der Waals surface area contributed by atoms with Gasteiger partial charge in [0.25, 0.3) is 0 Å². The van der Waals surface area contributed by atoms with Crippen LogP contribution in [-0.4, -0.2) is 24.7 Å². The molecule has 0 aliphatic rings. The molecule has 6 aromatic rings. The van der Waals surface area contributed by atoms with Crippen molar-refractivity contribution in [1.82, 2.24) is 0 Å². The first-order chi connectivity index (χ1) is 17.4. The van der Waals surface area contributed by atoms with Crippen LogP contribution >= 0.6 is 11.8 Å². The van der Waals surface area contributed by atoms with Crippen LogP contribution in [0.25, 0.3) is 43.1 Å². The number of fused-ring (bicyclic) bond motifs is 4. The van der Waals surface area contributed by atoms with Crippen molar-refractivity contribution in [1.29, 1.82) is 0 Å². The van der Waals surface area contributed by atoms with Crippen molar-refractivity contribution in [2.24, 2.45) is 0 Å². The Morgan fingerprint density at radius 3 is 1.09 bits per heavy atom. The molecule has 0 bridgehead atoms. The van der Waals surface area contributed by atoms with Crippen molar-refractivity contribution in [3.63, 3.8) is 0 Å². The number of ether oxygens (including phenoxy) is 2. The molecule has 0 aliphatic heterocycles. The third-order valence-corrected chi connectivity index (χ3v) is 7.30. The van der Waals surface area contributed by atoms with Gasteiger partial charge in [-0.1, -0.05) is 97.1 Å². The minimum Gasteiger partial charge on any atom is -0.491 e. The molecule has 0 unspecified atom stereocenters. The van der Waals surface area contributed by atoms with E-state index in [2.05, 4.69) is 109 Å². The third kappa shape index (κ3) is 4.40. The van der Waals surface area contributed by atoms with E-state index in [1.54, 1.807) is 0 Å². The SMILES string of the molecule is c1ccc2c(OCCSCCOc3c4ccccc4cc4ccccc34)c3ccccc3cc2c1. The minimum atomic E-state index is 0.667. The van der Waals surface area contributed by atoms with Crippen LogP contribution in [0.5, 0.6) is 11.5 Å². The molecule has 0 saturated carbocycles. The van der Waals surface area contributed by atoms with E-state index in [0.717, 1.165) is 23.0 Å². The molecule has 35 heavy (non-hydrogen) atoms.